The molecule has 132 valence electrons. The summed E-state index contributed by atoms with van der Waals surface area (Å²) in [5.41, 5.74) is -0.848. The predicted octanol–water partition coefficient (Wildman–Crippen LogP) is 4.40. The van der Waals surface area contributed by atoms with Gasteiger partial charge in [-0.15, -0.1) is 0 Å². The maximum atomic E-state index is 11.5. The first-order valence-electron chi connectivity index (χ1n) is 8.46. The molecule has 0 fully saturated rings. The minimum absolute atomic E-state index is 0.200. The third-order valence-electron chi connectivity index (χ3n) is 3.28. The summed E-state index contributed by atoms with van der Waals surface area (Å²) in [6.45, 7) is 5.83. The average molecular weight is 329 g/mol. The van der Waals surface area contributed by atoms with Gasteiger partial charge >= 0.3 is 0 Å². The Hall–Kier alpha value is -2.13. The molecule has 0 heterocycles. The molecule has 0 saturated carbocycles. The van der Waals surface area contributed by atoms with Crippen molar-refractivity contribution in [3.8, 4) is 0 Å². The highest BCUT2D eigenvalue weighted by Crippen LogP contribution is 2.05. The maximum Gasteiger partial charge on any atom is 0.244 e. The Balaban J connectivity index is 3.85. The Morgan fingerprint density at radius 3 is 2.04 bits per heavy atom. The van der Waals surface area contributed by atoms with Gasteiger partial charge in [-0.2, -0.15) is 0 Å². The van der Waals surface area contributed by atoms with E-state index in [0.29, 0.717) is 6.42 Å². The Morgan fingerprint density at radius 1 is 0.958 bits per heavy atom. The number of unbranched alkanes of at least 4 members (excludes halogenated alkanes) is 1. The van der Waals surface area contributed by atoms with E-state index < -0.39 is 5.60 Å². The summed E-state index contributed by atoms with van der Waals surface area (Å²) in [5.74, 6) is -0.200. The molecular weight excluding hydrogens is 298 g/mol. The predicted molar refractivity (Wildman–Crippen MR) is 104 cm³/mol. The van der Waals surface area contributed by atoms with Crippen molar-refractivity contribution in [3.05, 3.63) is 72.9 Å². The van der Waals surface area contributed by atoms with Crippen LogP contribution in [0.3, 0.4) is 0 Å². The van der Waals surface area contributed by atoms with E-state index >= 15 is 0 Å². The van der Waals surface area contributed by atoms with Crippen LogP contribution < -0.4 is 5.32 Å². The van der Waals surface area contributed by atoms with Gasteiger partial charge in [-0.3, -0.25) is 4.79 Å². The average Bonchev–Trinajstić information content (AvgIpc) is 2.57. The molecule has 1 unspecified atom stereocenters. The zero-order valence-corrected chi connectivity index (χ0v) is 15.1. The number of rotatable bonds is 11. The van der Waals surface area contributed by atoms with Crippen molar-refractivity contribution in [2.45, 2.75) is 45.6 Å². The summed E-state index contributed by atoms with van der Waals surface area (Å²) in [6.07, 6.45) is 25.6. The second-order valence-electron chi connectivity index (χ2n) is 5.66. The van der Waals surface area contributed by atoms with Crippen LogP contribution >= 0.6 is 0 Å². The topological polar surface area (TPSA) is 49.3 Å². The number of hydrogen-bond donors (Lipinski definition) is 2. The highest BCUT2D eigenvalue weighted by molar-refractivity contribution is 5.87. The molecule has 0 aliphatic carbocycles. The van der Waals surface area contributed by atoms with Gasteiger partial charge in [0.1, 0.15) is 0 Å². The van der Waals surface area contributed by atoms with Crippen molar-refractivity contribution < 1.29 is 9.90 Å². The SMILES string of the molecule is CC=CC=CC=CCCC=CC=CC=CC(=O)NCC(C)(O)CC. The highest BCUT2D eigenvalue weighted by atomic mass is 16.3. The lowest BCUT2D eigenvalue weighted by Crippen LogP contribution is -2.39. The van der Waals surface area contributed by atoms with Crippen LogP contribution in [0.5, 0.6) is 0 Å². The number of allylic oxidation sites excluding steroid dienone is 11. The minimum Gasteiger partial charge on any atom is -0.388 e. The lowest BCUT2D eigenvalue weighted by Gasteiger charge is -2.20. The maximum absolute atomic E-state index is 11.5. The van der Waals surface area contributed by atoms with E-state index in [1.807, 2.05) is 62.5 Å². The molecule has 0 aromatic heterocycles. The molecule has 1 amide bonds. The fraction of sp³-hybridized carbons (Fsp3) is 0.381. The van der Waals surface area contributed by atoms with Gasteiger partial charge in [0, 0.05) is 12.6 Å². The first kappa shape index (κ1) is 21.9. The van der Waals surface area contributed by atoms with Crippen molar-refractivity contribution in [1.82, 2.24) is 5.32 Å². The first-order chi connectivity index (χ1) is 11.5. The van der Waals surface area contributed by atoms with Crippen molar-refractivity contribution >= 4 is 5.91 Å². The van der Waals surface area contributed by atoms with Gasteiger partial charge in [-0.1, -0.05) is 73.8 Å². The second-order valence-corrected chi connectivity index (χ2v) is 5.66. The Morgan fingerprint density at radius 2 is 1.50 bits per heavy atom. The van der Waals surface area contributed by atoms with E-state index in [1.54, 1.807) is 13.0 Å². The molecule has 0 radical (unpaired) electrons. The number of hydrogen-bond acceptors (Lipinski definition) is 2. The minimum atomic E-state index is -0.848. The van der Waals surface area contributed by atoms with Gasteiger partial charge in [0.2, 0.25) is 5.91 Å². The largest absolute Gasteiger partial charge is 0.388 e. The smallest absolute Gasteiger partial charge is 0.244 e. The molecule has 0 spiro atoms. The Bertz CT molecular complexity index is 506. The summed E-state index contributed by atoms with van der Waals surface area (Å²) >= 11 is 0. The van der Waals surface area contributed by atoms with Crippen LogP contribution in [0.15, 0.2) is 72.9 Å². The number of nitrogens with one attached hydrogen (secondary N) is 1. The van der Waals surface area contributed by atoms with Gasteiger partial charge in [0.15, 0.2) is 0 Å². The zero-order valence-electron chi connectivity index (χ0n) is 15.1. The van der Waals surface area contributed by atoms with Crippen LogP contribution in [0.2, 0.25) is 0 Å². The molecule has 0 aromatic carbocycles. The summed E-state index contributed by atoms with van der Waals surface area (Å²) in [5, 5.41) is 12.5. The third-order valence-corrected chi connectivity index (χ3v) is 3.28. The molecule has 0 aromatic rings. The summed E-state index contributed by atoms with van der Waals surface area (Å²) in [7, 11) is 0. The molecule has 24 heavy (non-hydrogen) atoms. The second kappa shape index (κ2) is 14.5. The molecule has 0 aliphatic heterocycles. The highest BCUT2D eigenvalue weighted by Gasteiger charge is 2.17. The van der Waals surface area contributed by atoms with Gasteiger partial charge in [0.25, 0.3) is 0 Å². The molecule has 0 bridgehead atoms. The monoisotopic (exact) mass is 329 g/mol. The van der Waals surface area contributed by atoms with E-state index in [1.165, 1.54) is 6.08 Å². The number of amides is 1. The Kier molecular flexibility index (Phi) is 13.2. The number of aliphatic hydroxyl groups is 1. The van der Waals surface area contributed by atoms with E-state index in [-0.39, 0.29) is 12.5 Å². The fourth-order valence-corrected chi connectivity index (χ4v) is 1.51. The Labute approximate surface area is 146 Å². The number of carbonyl (C=O) groups is 1. The van der Waals surface area contributed by atoms with Crippen molar-refractivity contribution in [2.75, 3.05) is 6.54 Å². The fourth-order valence-electron chi connectivity index (χ4n) is 1.51. The van der Waals surface area contributed by atoms with Gasteiger partial charge in [0.05, 0.1) is 5.60 Å². The molecule has 3 heteroatoms. The lowest BCUT2D eigenvalue weighted by molar-refractivity contribution is -0.117. The summed E-state index contributed by atoms with van der Waals surface area (Å²) in [6, 6.07) is 0. The molecule has 2 N–H and O–H groups in total. The lowest BCUT2D eigenvalue weighted by atomic mass is 10.0. The van der Waals surface area contributed by atoms with Crippen LogP contribution in [-0.2, 0) is 4.79 Å². The quantitative estimate of drug-likeness (QED) is 0.335. The van der Waals surface area contributed by atoms with E-state index in [4.69, 9.17) is 0 Å². The molecule has 0 rings (SSSR count). The van der Waals surface area contributed by atoms with E-state index in [9.17, 15) is 9.90 Å². The van der Waals surface area contributed by atoms with Crippen LogP contribution in [0.4, 0.5) is 0 Å². The number of carbonyl (C=O) groups excluding carboxylic acids is 1. The van der Waals surface area contributed by atoms with Crippen molar-refractivity contribution in [3.63, 3.8) is 0 Å². The normalized spacial score (nSPS) is 15.7. The molecule has 0 saturated heterocycles. The van der Waals surface area contributed by atoms with E-state index in [0.717, 1.165) is 12.8 Å². The zero-order chi connectivity index (χ0) is 18.1. The third kappa shape index (κ3) is 14.8. The standard InChI is InChI=1S/C21H31NO2/c1-4-6-7-8-9-10-11-12-13-14-15-16-17-18-20(23)22-19-21(3,24)5-2/h4,6-10,13-18,24H,5,11-12,19H2,1-3H3,(H,22,23). The van der Waals surface area contributed by atoms with Crippen molar-refractivity contribution in [2.24, 2.45) is 0 Å². The van der Waals surface area contributed by atoms with Crippen LogP contribution in [0.1, 0.15) is 40.0 Å². The van der Waals surface area contributed by atoms with E-state index in [2.05, 4.69) is 17.5 Å². The summed E-state index contributed by atoms with van der Waals surface area (Å²) < 4.78 is 0. The van der Waals surface area contributed by atoms with Gasteiger partial charge in [-0.25, -0.2) is 0 Å². The van der Waals surface area contributed by atoms with Gasteiger partial charge < -0.3 is 10.4 Å². The molecule has 3 nitrogen and oxygen atoms in total. The summed E-state index contributed by atoms with van der Waals surface area (Å²) in [4.78, 5) is 11.5. The first-order valence-corrected chi connectivity index (χ1v) is 8.46. The molecular formula is C21H31NO2. The van der Waals surface area contributed by atoms with Crippen LogP contribution in [0, 0.1) is 0 Å². The van der Waals surface area contributed by atoms with Crippen LogP contribution in [0.25, 0.3) is 0 Å². The van der Waals surface area contributed by atoms with Crippen LogP contribution in [-0.4, -0.2) is 23.2 Å². The molecule has 0 aliphatic rings. The van der Waals surface area contributed by atoms with Crippen molar-refractivity contribution in [1.29, 1.82) is 0 Å². The van der Waals surface area contributed by atoms with Gasteiger partial charge in [-0.05, 0) is 33.1 Å². The molecule has 1 atom stereocenters.